The van der Waals surface area contributed by atoms with Gasteiger partial charge < -0.3 is 0 Å². The molecule has 0 spiro atoms. The first-order valence-electron chi connectivity index (χ1n) is 3.59. The van der Waals surface area contributed by atoms with Gasteiger partial charge in [-0.15, -0.1) is 0 Å². The van der Waals surface area contributed by atoms with Gasteiger partial charge in [-0.3, -0.25) is 0 Å². The van der Waals surface area contributed by atoms with Crippen molar-refractivity contribution in [2.75, 3.05) is 11.5 Å². The topological polar surface area (TPSA) is 0 Å². The molecule has 0 aromatic rings. The van der Waals surface area contributed by atoms with Gasteiger partial charge in [-0.1, -0.05) is 21.6 Å². The Morgan fingerprint density at radius 2 is 0.929 bits per heavy atom. The largest absolute Gasteiger partial charge is 0.389 e. The van der Waals surface area contributed by atoms with E-state index in [1.54, 1.807) is 0 Å². The fourth-order valence-electron chi connectivity index (χ4n) is 0.433. The van der Waals surface area contributed by atoms with E-state index in [0.717, 1.165) is 21.6 Å². The lowest BCUT2D eigenvalue weighted by Crippen LogP contribution is -2.08. The molecule has 0 atom stereocenters. The van der Waals surface area contributed by atoms with Crippen molar-refractivity contribution in [2.24, 2.45) is 0 Å². The van der Waals surface area contributed by atoms with Gasteiger partial charge in [-0.2, -0.15) is 26.3 Å². The third kappa shape index (κ3) is 12.3. The number of hydrogen-bond donors (Lipinski definition) is 0. The molecule has 86 valence electrons. The Hall–Kier alpha value is 0.280. The molecule has 8 heteroatoms. The van der Waals surface area contributed by atoms with Gasteiger partial charge in [0.15, 0.2) is 0 Å². The zero-order chi connectivity index (χ0) is 11.2. The third-order valence-corrected chi connectivity index (χ3v) is 3.43. The van der Waals surface area contributed by atoms with E-state index in [1.165, 1.54) is 0 Å². The van der Waals surface area contributed by atoms with Gasteiger partial charge in [-0.05, 0) is 0 Å². The first-order valence-corrected chi connectivity index (χ1v) is 6.07. The quantitative estimate of drug-likeness (QED) is 0.410. The zero-order valence-electron chi connectivity index (χ0n) is 6.91. The zero-order valence-corrected chi connectivity index (χ0v) is 8.55. The summed E-state index contributed by atoms with van der Waals surface area (Å²) in [5, 5.41) is 0. The van der Waals surface area contributed by atoms with E-state index in [2.05, 4.69) is 0 Å². The molecule has 0 bridgehead atoms. The number of halogens is 6. The summed E-state index contributed by atoms with van der Waals surface area (Å²) >= 11 is 0. The van der Waals surface area contributed by atoms with Gasteiger partial charge in [-0.25, -0.2) is 0 Å². The van der Waals surface area contributed by atoms with E-state index in [4.69, 9.17) is 0 Å². The highest BCUT2D eigenvalue weighted by atomic mass is 33.1. The fraction of sp³-hybridized carbons (Fsp3) is 1.00. The normalized spacial score (nSPS) is 13.3. The summed E-state index contributed by atoms with van der Waals surface area (Å²) in [5.74, 6) is -0.405. The van der Waals surface area contributed by atoms with Crippen molar-refractivity contribution in [3.05, 3.63) is 0 Å². The van der Waals surface area contributed by atoms with Crippen LogP contribution >= 0.6 is 21.6 Å². The Kier molecular flexibility index (Phi) is 6.11. The van der Waals surface area contributed by atoms with E-state index < -0.39 is 25.2 Å². The van der Waals surface area contributed by atoms with Crippen LogP contribution in [0.25, 0.3) is 0 Å². The second-order valence-electron chi connectivity index (χ2n) is 2.37. The molecule has 0 saturated heterocycles. The van der Waals surface area contributed by atoms with E-state index >= 15 is 0 Å². The molecule has 0 heterocycles. The van der Waals surface area contributed by atoms with Crippen LogP contribution < -0.4 is 0 Å². The van der Waals surface area contributed by atoms with Crippen LogP contribution in [0.4, 0.5) is 26.3 Å². The molecule has 0 fully saturated rings. The van der Waals surface area contributed by atoms with Crippen molar-refractivity contribution >= 4 is 21.6 Å². The molecule has 0 nitrogen and oxygen atoms in total. The maximum absolute atomic E-state index is 11.6. The van der Waals surface area contributed by atoms with E-state index in [0.29, 0.717) is 0 Å². The van der Waals surface area contributed by atoms with Crippen LogP contribution in [0.5, 0.6) is 0 Å². The summed E-state index contributed by atoms with van der Waals surface area (Å²) in [6.07, 6.45) is -10.4. The number of alkyl halides is 6. The van der Waals surface area contributed by atoms with Crippen molar-refractivity contribution in [3.63, 3.8) is 0 Å². The Bertz CT molecular complexity index is 133. The SMILES string of the molecule is FC(F)(F)CCSSCCC(F)(F)F. The average molecular weight is 258 g/mol. The minimum absolute atomic E-state index is 0.202. The highest BCUT2D eigenvalue weighted by molar-refractivity contribution is 8.76. The molecular weight excluding hydrogens is 250 g/mol. The summed E-state index contributed by atoms with van der Waals surface area (Å²) in [6.45, 7) is 0. The maximum Gasteiger partial charge on any atom is 0.389 e. The van der Waals surface area contributed by atoms with Crippen molar-refractivity contribution in [3.8, 4) is 0 Å². The summed E-state index contributed by atoms with van der Waals surface area (Å²) in [6, 6.07) is 0. The number of hydrogen-bond acceptors (Lipinski definition) is 2. The Morgan fingerprint density at radius 1 is 0.643 bits per heavy atom. The molecule has 0 saturated carbocycles. The molecule has 0 amide bonds. The monoisotopic (exact) mass is 258 g/mol. The van der Waals surface area contributed by atoms with Crippen LogP contribution in [0.1, 0.15) is 12.8 Å². The van der Waals surface area contributed by atoms with Gasteiger partial charge in [0, 0.05) is 11.5 Å². The molecule has 0 aromatic carbocycles. The Labute approximate surface area is 85.2 Å². The second kappa shape index (κ2) is 5.99. The molecule has 0 N–H and O–H groups in total. The first-order chi connectivity index (χ1) is 6.21. The predicted molar refractivity (Wildman–Crippen MR) is 46.3 cm³/mol. The molecule has 0 radical (unpaired) electrons. The first kappa shape index (κ1) is 14.3. The Balaban J connectivity index is 3.23. The lowest BCUT2D eigenvalue weighted by atomic mass is 10.5. The maximum atomic E-state index is 11.6. The lowest BCUT2D eigenvalue weighted by Gasteiger charge is -2.06. The van der Waals surface area contributed by atoms with Gasteiger partial charge in [0.1, 0.15) is 0 Å². The van der Waals surface area contributed by atoms with Crippen LogP contribution in [-0.2, 0) is 0 Å². The van der Waals surface area contributed by atoms with E-state index in [-0.39, 0.29) is 11.5 Å². The summed E-state index contributed by atoms with van der Waals surface area (Å²) in [5.41, 5.74) is 0. The third-order valence-electron chi connectivity index (χ3n) is 1.02. The van der Waals surface area contributed by atoms with Gasteiger partial charge in [0.05, 0.1) is 12.8 Å². The molecule has 0 aliphatic carbocycles. The van der Waals surface area contributed by atoms with Gasteiger partial charge >= 0.3 is 12.4 Å². The van der Waals surface area contributed by atoms with Crippen molar-refractivity contribution in [1.29, 1.82) is 0 Å². The van der Waals surface area contributed by atoms with Gasteiger partial charge in [0.25, 0.3) is 0 Å². The molecule has 0 unspecified atom stereocenters. The minimum atomic E-state index is -4.22. The highest BCUT2D eigenvalue weighted by Crippen LogP contribution is 2.31. The fourth-order valence-corrected chi connectivity index (χ4v) is 2.51. The molecule has 0 aromatic heterocycles. The minimum Gasteiger partial charge on any atom is -0.171 e. The van der Waals surface area contributed by atoms with Crippen molar-refractivity contribution in [2.45, 2.75) is 25.2 Å². The lowest BCUT2D eigenvalue weighted by molar-refractivity contribution is -0.130. The van der Waals surface area contributed by atoms with Crippen LogP contribution in [0.15, 0.2) is 0 Å². The Morgan fingerprint density at radius 3 is 1.14 bits per heavy atom. The van der Waals surface area contributed by atoms with Crippen LogP contribution in [0.2, 0.25) is 0 Å². The van der Waals surface area contributed by atoms with Crippen molar-refractivity contribution < 1.29 is 26.3 Å². The van der Waals surface area contributed by atoms with Crippen molar-refractivity contribution in [1.82, 2.24) is 0 Å². The predicted octanol–water partition coefficient (Wildman–Crippen LogP) is 4.27. The summed E-state index contributed by atoms with van der Waals surface area (Å²) < 4.78 is 69.3. The molecule has 14 heavy (non-hydrogen) atoms. The van der Waals surface area contributed by atoms with Crippen LogP contribution in [-0.4, -0.2) is 23.9 Å². The number of rotatable bonds is 5. The summed E-state index contributed by atoms with van der Waals surface area (Å²) in [4.78, 5) is 0. The van der Waals surface area contributed by atoms with E-state index in [9.17, 15) is 26.3 Å². The van der Waals surface area contributed by atoms with Crippen LogP contribution in [0.3, 0.4) is 0 Å². The molecule has 0 aliphatic heterocycles. The van der Waals surface area contributed by atoms with E-state index in [1.807, 2.05) is 0 Å². The average Bonchev–Trinajstić information content (AvgIpc) is 1.92. The molecule has 0 aliphatic rings. The molecule has 0 rings (SSSR count). The van der Waals surface area contributed by atoms with Crippen LogP contribution in [0, 0.1) is 0 Å². The molecular formula is C6H8F6S2. The highest BCUT2D eigenvalue weighted by Gasteiger charge is 2.27. The standard InChI is InChI=1S/C6H8F6S2/c7-5(8,9)1-3-13-14-4-2-6(10,11)12/h1-4H2. The second-order valence-corrected chi connectivity index (χ2v) is 5.08. The smallest absolute Gasteiger partial charge is 0.171 e. The summed E-state index contributed by atoms with van der Waals surface area (Å²) in [7, 11) is 1.63. The van der Waals surface area contributed by atoms with Gasteiger partial charge in [0.2, 0.25) is 0 Å².